The van der Waals surface area contributed by atoms with Gasteiger partial charge in [0.1, 0.15) is 12.4 Å². The molecule has 0 atom stereocenters. The molecule has 1 rings (SSSR count). The number of unbranched alkanes of at least 4 members (excludes halogenated alkanes) is 1. The van der Waals surface area contributed by atoms with Crippen molar-refractivity contribution in [3.63, 3.8) is 0 Å². The molecule has 0 bridgehead atoms. The van der Waals surface area contributed by atoms with Crippen LogP contribution in [0.15, 0.2) is 12.4 Å². The van der Waals surface area contributed by atoms with Crippen molar-refractivity contribution in [2.75, 3.05) is 0 Å². The molecule has 82 valence electrons. The Kier molecular flexibility index (Phi) is 6.64. The first-order chi connectivity index (χ1) is 6.33. The third kappa shape index (κ3) is 3.02. The fourth-order valence-electron chi connectivity index (χ4n) is 1.72. The highest BCUT2D eigenvalue weighted by Crippen LogP contribution is 1.98. The maximum Gasteiger partial charge on any atom is 0.256 e. The maximum absolute atomic E-state index is 2.38. The first kappa shape index (κ1) is 13.5. The summed E-state index contributed by atoms with van der Waals surface area (Å²) in [6.45, 7) is 8.92. The Hall–Kier alpha value is -0.500. The van der Waals surface area contributed by atoms with E-state index >= 15 is 0 Å². The zero-order valence-corrected chi connectivity index (χ0v) is 10.2. The van der Waals surface area contributed by atoms with Gasteiger partial charge in [0, 0.05) is 6.42 Å². The zero-order chi connectivity index (χ0) is 9.68. The Morgan fingerprint density at radius 3 is 2.50 bits per heavy atom. The van der Waals surface area contributed by atoms with Crippen molar-refractivity contribution < 1.29 is 17.0 Å². The summed E-state index contributed by atoms with van der Waals surface area (Å²) in [5, 5.41) is 0. The monoisotopic (exact) mass is 216 g/mol. The molecule has 0 radical (unpaired) electrons. The van der Waals surface area contributed by atoms with Gasteiger partial charge in [0.2, 0.25) is 0 Å². The Morgan fingerprint density at radius 1 is 1.29 bits per heavy atom. The van der Waals surface area contributed by atoms with Gasteiger partial charge in [0.15, 0.2) is 0 Å². The highest BCUT2D eigenvalue weighted by atomic mass is 35.5. The average Bonchev–Trinajstić information content (AvgIpc) is 2.56. The molecule has 0 saturated carbocycles. The van der Waals surface area contributed by atoms with Crippen LogP contribution in [0, 0.1) is 0 Å². The lowest BCUT2D eigenvalue weighted by molar-refractivity contribution is -0.704. The van der Waals surface area contributed by atoms with Gasteiger partial charge >= 0.3 is 0 Å². The lowest BCUT2D eigenvalue weighted by Crippen LogP contribution is -3.00. The molecule has 0 spiro atoms. The number of nitrogens with zero attached hydrogens (tertiary/aromatic N) is 2. The lowest BCUT2D eigenvalue weighted by atomic mass is 10.3. The Morgan fingerprint density at radius 2 is 2.00 bits per heavy atom. The van der Waals surface area contributed by atoms with Gasteiger partial charge in [0.25, 0.3) is 5.82 Å². The maximum atomic E-state index is 2.38. The van der Waals surface area contributed by atoms with Crippen molar-refractivity contribution in [2.45, 2.75) is 53.1 Å². The topological polar surface area (TPSA) is 8.81 Å². The van der Waals surface area contributed by atoms with E-state index in [0.717, 1.165) is 13.0 Å². The van der Waals surface area contributed by atoms with E-state index in [1.54, 1.807) is 0 Å². The highest BCUT2D eigenvalue weighted by Gasteiger charge is 2.12. The molecule has 3 heteroatoms. The molecule has 0 aliphatic carbocycles. The third-order valence-electron chi connectivity index (χ3n) is 2.50. The molecule has 1 aromatic rings. The van der Waals surface area contributed by atoms with E-state index < -0.39 is 0 Å². The number of hydrogen-bond donors (Lipinski definition) is 0. The first-order valence-electron chi connectivity index (χ1n) is 5.40. The normalized spacial score (nSPS) is 9.93. The van der Waals surface area contributed by atoms with Crippen molar-refractivity contribution in [1.29, 1.82) is 0 Å². The number of hydrogen-bond acceptors (Lipinski definition) is 0. The van der Waals surface area contributed by atoms with Crippen LogP contribution in [0.4, 0.5) is 0 Å². The van der Waals surface area contributed by atoms with Gasteiger partial charge in [-0.25, -0.2) is 9.13 Å². The molecule has 0 amide bonds. The molecule has 2 nitrogen and oxygen atoms in total. The average molecular weight is 217 g/mol. The Labute approximate surface area is 93.4 Å². The number of imidazole rings is 1. The Bertz CT molecular complexity index is 256. The van der Waals surface area contributed by atoms with E-state index in [-0.39, 0.29) is 12.4 Å². The van der Waals surface area contributed by atoms with Crippen LogP contribution in [-0.2, 0) is 19.5 Å². The SMILES string of the molecule is CCCC[n+]1ccn(CC)c1CC.[Cl-]. The third-order valence-corrected chi connectivity index (χ3v) is 2.50. The number of aromatic nitrogens is 2. The van der Waals surface area contributed by atoms with Crippen molar-refractivity contribution in [3.8, 4) is 0 Å². The van der Waals surface area contributed by atoms with Gasteiger partial charge in [-0.15, -0.1) is 0 Å². The first-order valence-corrected chi connectivity index (χ1v) is 5.40. The minimum atomic E-state index is 0. The molecule has 14 heavy (non-hydrogen) atoms. The quantitative estimate of drug-likeness (QED) is 0.568. The standard InChI is InChI=1S/C11H21N2.ClH/c1-4-7-8-13-10-9-12(6-3)11(13)5-2;/h9-10H,4-8H2,1-3H3;1H/q+1;/p-1. The van der Waals surface area contributed by atoms with Crippen molar-refractivity contribution in [1.82, 2.24) is 4.57 Å². The molecule has 0 unspecified atom stereocenters. The van der Waals surface area contributed by atoms with Gasteiger partial charge < -0.3 is 12.4 Å². The van der Waals surface area contributed by atoms with Crippen molar-refractivity contribution in [3.05, 3.63) is 18.2 Å². The fourth-order valence-corrected chi connectivity index (χ4v) is 1.72. The summed E-state index contributed by atoms with van der Waals surface area (Å²) in [6.07, 6.45) is 8.08. The molecular weight excluding hydrogens is 196 g/mol. The molecule has 0 aromatic carbocycles. The predicted octanol–water partition coefficient (Wildman–Crippen LogP) is -0.838. The van der Waals surface area contributed by atoms with Gasteiger partial charge in [-0.2, -0.15) is 0 Å². The number of halogens is 1. The lowest BCUT2D eigenvalue weighted by Gasteiger charge is -2.00. The van der Waals surface area contributed by atoms with E-state index in [0.29, 0.717) is 0 Å². The van der Waals surface area contributed by atoms with E-state index in [2.05, 4.69) is 42.3 Å². The fraction of sp³-hybridized carbons (Fsp3) is 0.727. The molecule has 1 heterocycles. The summed E-state index contributed by atoms with van der Waals surface area (Å²) in [6, 6.07) is 0. The van der Waals surface area contributed by atoms with Crippen molar-refractivity contribution >= 4 is 0 Å². The van der Waals surface area contributed by atoms with Gasteiger partial charge in [-0.1, -0.05) is 20.3 Å². The predicted molar refractivity (Wildman–Crippen MR) is 54.6 cm³/mol. The Balaban J connectivity index is 0.00000169. The second kappa shape index (κ2) is 6.88. The van der Waals surface area contributed by atoms with Crippen LogP contribution in [0.5, 0.6) is 0 Å². The van der Waals surface area contributed by atoms with Crippen LogP contribution in [0.25, 0.3) is 0 Å². The molecule has 0 saturated heterocycles. The number of aryl methyl sites for hydroxylation is 2. The minimum absolute atomic E-state index is 0. The second-order valence-corrected chi connectivity index (χ2v) is 3.40. The van der Waals surface area contributed by atoms with Crippen LogP contribution >= 0.6 is 0 Å². The molecule has 0 N–H and O–H groups in total. The summed E-state index contributed by atoms with van der Waals surface area (Å²) in [5.41, 5.74) is 0. The molecule has 0 fully saturated rings. The van der Waals surface area contributed by atoms with Gasteiger partial charge in [-0.3, -0.25) is 0 Å². The molecule has 0 aliphatic heterocycles. The molecular formula is C11H21ClN2. The van der Waals surface area contributed by atoms with Crippen molar-refractivity contribution in [2.24, 2.45) is 0 Å². The summed E-state index contributed by atoms with van der Waals surface area (Å²) >= 11 is 0. The van der Waals surface area contributed by atoms with Crippen LogP contribution in [-0.4, -0.2) is 4.57 Å². The van der Waals surface area contributed by atoms with E-state index in [4.69, 9.17) is 0 Å². The molecule has 0 aliphatic rings. The van der Waals surface area contributed by atoms with Crippen LogP contribution < -0.4 is 17.0 Å². The molecule has 1 aromatic heterocycles. The van der Waals surface area contributed by atoms with Crippen LogP contribution in [0.2, 0.25) is 0 Å². The van der Waals surface area contributed by atoms with Gasteiger partial charge in [0.05, 0.1) is 13.1 Å². The highest BCUT2D eigenvalue weighted by molar-refractivity contribution is 4.82. The summed E-state index contributed by atoms with van der Waals surface area (Å²) in [7, 11) is 0. The van der Waals surface area contributed by atoms with Gasteiger partial charge in [-0.05, 0) is 13.3 Å². The van der Waals surface area contributed by atoms with Crippen LogP contribution in [0.3, 0.4) is 0 Å². The van der Waals surface area contributed by atoms with E-state index in [1.807, 2.05) is 0 Å². The largest absolute Gasteiger partial charge is 1.00 e. The second-order valence-electron chi connectivity index (χ2n) is 3.40. The smallest absolute Gasteiger partial charge is 0.256 e. The van der Waals surface area contributed by atoms with E-state index in [9.17, 15) is 0 Å². The summed E-state index contributed by atoms with van der Waals surface area (Å²) in [4.78, 5) is 0. The van der Waals surface area contributed by atoms with E-state index in [1.165, 1.54) is 25.2 Å². The summed E-state index contributed by atoms with van der Waals surface area (Å²) < 4.78 is 4.71. The number of rotatable bonds is 5. The minimum Gasteiger partial charge on any atom is -1.00 e. The summed E-state index contributed by atoms with van der Waals surface area (Å²) in [5.74, 6) is 1.45. The zero-order valence-electron chi connectivity index (χ0n) is 9.46. The van der Waals surface area contributed by atoms with Crippen LogP contribution in [0.1, 0.15) is 39.4 Å².